The predicted octanol–water partition coefficient (Wildman–Crippen LogP) is 22.5. The van der Waals surface area contributed by atoms with Crippen LogP contribution in [0.1, 0.15) is 401 Å². The lowest BCUT2D eigenvalue weighted by atomic mass is 10.0. The van der Waals surface area contributed by atoms with Gasteiger partial charge >= 0.3 is 39.5 Å². The van der Waals surface area contributed by atoms with Crippen LogP contribution in [0, 0.1) is 5.92 Å². The number of carbonyl (C=O) groups is 4. The zero-order chi connectivity index (χ0) is 69.8. The van der Waals surface area contributed by atoms with Crippen LogP contribution in [0.15, 0.2) is 0 Å². The van der Waals surface area contributed by atoms with Crippen LogP contribution in [-0.4, -0.2) is 96.7 Å². The summed E-state index contributed by atoms with van der Waals surface area (Å²) in [5.74, 6) is -1.34. The monoisotopic (exact) mass is 1400 g/mol. The fourth-order valence-electron chi connectivity index (χ4n) is 11.7. The number of rotatable bonds is 76. The number of esters is 4. The maximum absolute atomic E-state index is 13.1. The SMILES string of the molecule is CCCCCCCCCCCCCCCCCCC(=O)OC[C@H](COP(=O)(O)OC[C@@H](O)COP(=O)(O)OC[C@@H](COC(=O)CCCCCCCCCC)OC(=O)CCCCCCCCCCCCCCC(C)C)OC(=O)CCCCCCCCCCCCCCCCCC. The van der Waals surface area contributed by atoms with E-state index in [4.69, 9.17) is 37.0 Å². The normalized spacial score (nSPS) is 13.9. The molecule has 0 radical (unpaired) electrons. The fourth-order valence-corrected chi connectivity index (χ4v) is 13.3. The van der Waals surface area contributed by atoms with Crippen LogP contribution in [0.5, 0.6) is 0 Å². The smallest absolute Gasteiger partial charge is 0.462 e. The highest BCUT2D eigenvalue weighted by Crippen LogP contribution is 2.45. The third kappa shape index (κ3) is 70.3. The second-order valence-electron chi connectivity index (χ2n) is 27.9. The van der Waals surface area contributed by atoms with Crippen LogP contribution in [0.25, 0.3) is 0 Å². The lowest BCUT2D eigenvalue weighted by Crippen LogP contribution is -2.30. The summed E-state index contributed by atoms with van der Waals surface area (Å²) in [6, 6.07) is 0. The fraction of sp³-hybridized carbons (Fsp3) is 0.947. The van der Waals surface area contributed by atoms with Crippen molar-refractivity contribution in [3.63, 3.8) is 0 Å². The van der Waals surface area contributed by atoms with Gasteiger partial charge in [0.15, 0.2) is 12.2 Å². The van der Waals surface area contributed by atoms with Crippen molar-refractivity contribution in [3.05, 3.63) is 0 Å². The third-order valence-electron chi connectivity index (χ3n) is 17.8. The van der Waals surface area contributed by atoms with E-state index in [0.717, 1.165) is 102 Å². The molecule has 3 N–H and O–H groups in total. The highest BCUT2D eigenvalue weighted by atomic mass is 31.2. The quantitative estimate of drug-likeness (QED) is 0.0222. The largest absolute Gasteiger partial charge is 0.472 e. The summed E-state index contributed by atoms with van der Waals surface area (Å²) in [4.78, 5) is 72.8. The molecule has 0 aliphatic heterocycles. The maximum Gasteiger partial charge on any atom is 0.472 e. The van der Waals surface area contributed by atoms with Crippen molar-refractivity contribution >= 4 is 39.5 Å². The van der Waals surface area contributed by atoms with Gasteiger partial charge < -0.3 is 33.8 Å². The highest BCUT2D eigenvalue weighted by molar-refractivity contribution is 7.47. The summed E-state index contributed by atoms with van der Waals surface area (Å²) in [5, 5.41) is 10.6. The zero-order valence-corrected chi connectivity index (χ0v) is 63.6. The summed E-state index contributed by atoms with van der Waals surface area (Å²) in [7, 11) is -9.91. The summed E-state index contributed by atoms with van der Waals surface area (Å²) in [5.41, 5.74) is 0. The molecular weight excluding hydrogens is 1250 g/mol. The topological polar surface area (TPSA) is 237 Å². The number of hydrogen-bond acceptors (Lipinski definition) is 15. The molecule has 0 saturated heterocycles. The van der Waals surface area contributed by atoms with Crippen molar-refractivity contribution < 1.29 is 80.2 Å². The van der Waals surface area contributed by atoms with Crippen molar-refractivity contribution in [2.24, 2.45) is 5.92 Å². The molecule has 5 atom stereocenters. The van der Waals surface area contributed by atoms with Gasteiger partial charge in [0.25, 0.3) is 0 Å². The van der Waals surface area contributed by atoms with Gasteiger partial charge in [-0.05, 0) is 31.6 Å². The van der Waals surface area contributed by atoms with Crippen molar-refractivity contribution in [2.75, 3.05) is 39.6 Å². The molecule has 0 spiro atoms. The van der Waals surface area contributed by atoms with Gasteiger partial charge in [0.2, 0.25) is 0 Å². The van der Waals surface area contributed by atoms with Gasteiger partial charge in [0.1, 0.15) is 19.3 Å². The van der Waals surface area contributed by atoms with Crippen LogP contribution in [0.4, 0.5) is 0 Å². The van der Waals surface area contributed by atoms with E-state index in [1.165, 1.54) is 218 Å². The molecule has 19 heteroatoms. The Hall–Kier alpha value is -1.94. The molecule has 0 bridgehead atoms. The number of carbonyl (C=O) groups excluding carboxylic acids is 4. The molecule has 0 aromatic carbocycles. The average Bonchev–Trinajstić information content (AvgIpc) is 1.76. The zero-order valence-electron chi connectivity index (χ0n) is 61.8. The number of unbranched alkanes of at least 4 members (excludes halogenated alkanes) is 48. The Balaban J connectivity index is 5.21. The first-order valence-corrected chi connectivity index (χ1v) is 42.6. The number of aliphatic hydroxyl groups is 1. The standard InChI is InChI=1S/C76H148O17P2/c1-6-9-12-15-18-21-23-25-27-29-31-36-40-45-50-55-60-74(79)87-66-72(93-75(80)61-56-51-46-41-37-32-30-28-26-24-22-19-16-13-10-7-2)68-91-95(84,85)89-64-70(77)63-88-94(82,83)90-67-71(65-86-73(78)59-54-49-44-20-17-14-11-8-3)92-76(81)62-57-52-47-42-38-34-33-35-39-43-48-53-58-69(4)5/h69-72,77H,6-68H2,1-5H3,(H,82,83)(H,84,85)/t70-,71+,72+/m0/s1. The number of aliphatic hydroxyl groups excluding tert-OH is 1. The Kier molecular flexibility index (Phi) is 67.7. The Morgan fingerprint density at radius 2 is 0.484 bits per heavy atom. The van der Waals surface area contributed by atoms with E-state index in [2.05, 4.69) is 34.6 Å². The minimum absolute atomic E-state index is 0.107. The molecule has 0 fully saturated rings. The first-order chi connectivity index (χ1) is 46.0. The summed E-state index contributed by atoms with van der Waals surface area (Å²) in [6.45, 7) is 7.29. The van der Waals surface area contributed by atoms with E-state index in [9.17, 15) is 43.2 Å². The van der Waals surface area contributed by atoms with E-state index >= 15 is 0 Å². The molecule has 0 aromatic heterocycles. The Labute approximate surface area is 581 Å². The molecule has 0 heterocycles. The molecule has 0 aliphatic carbocycles. The molecule has 95 heavy (non-hydrogen) atoms. The van der Waals surface area contributed by atoms with E-state index in [1.807, 2.05) is 0 Å². The second kappa shape index (κ2) is 69.2. The molecular formula is C76H148O17P2. The summed E-state index contributed by atoms with van der Waals surface area (Å²) in [6.07, 6.45) is 58.2. The van der Waals surface area contributed by atoms with Crippen LogP contribution in [0.2, 0.25) is 0 Å². The van der Waals surface area contributed by atoms with Gasteiger partial charge in [-0.3, -0.25) is 37.3 Å². The van der Waals surface area contributed by atoms with Gasteiger partial charge in [0, 0.05) is 25.7 Å². The van der Waals surface area contributed by atoms with Gasteiger partial charge in [-0.1, -0.05) is 349 Å². The molecule has 0 saturated carbocycles. The Bertz CT molecular complexity index is 1820. The van der Waals surface area contributed by atoms with E-state index in [1.54, 1.807) is 0 Å². The van der Waals surface area contributed by atoms with E-state index in [-0.39, 0.29) is 25.7 Å². The Morgan fingerprint density at radius 3 is 0.716 bits per heavy atom. The van der Waals surface area contributed by atoms with Crippen molar-refractivity contribution in [1.29, 1.82) is 0 Å². The number of phosphoric acid groups is 2. The molecule has 0 aromatic rings. The van der Waals surface area contributed by atoms with E-state index < -0.39 is 97.5 Å². The predicted molar refractivity (Wildman–Crippen MR) is 386 cm³/mol. The number of phosphoric ester groups is 2. The van der Waals surface area contributed by atoms with Gasteiger partial charge in [-0.2, -0.15) is 0 Å². The van der Waals surface area contributed by atoms with Crippen LogP contribution < -0.4 is 0 Å². The summed E-state index contributed by atoms with van der Waals surface area (Å²) < 4.78 is 68.5. The highest BCUT2D eigenvalue weighted by Gasteiger charge is 2.30. The lowest BCUT2D eigenvalue weighted by molar-refractivity contribution is -0.161. The maximum atomic E-state index is 13.1. The molecule has 0 amide bonds. The minimum atomic E-state index is -4.96. The third-order valence-corrected chi connectivity index (χ3v) is 19.7. The molecule has 0 aliphatic rings. The first-order valence-electron chi connectivity index (χ1n) is 39.6. The van der Waals surface area contributed by atoms with Crippen LogP contribution in [-0.2, 0) is 65.4 Å². The number of ether oxygens (including phenoxy) is 4. The van der Waals surface area contributed by atoms with E-state index in [0.29, 0.717) is 25.7 Å². The van der Waals surface area contributed by atoms with Crippen molar-refractivity contribution in [1.82, 2.24) is 0 Å². The van der Waals surface area contributed by atoms with Crippen molar-refractivity contribution in [3.8, 4) is 0 Å². The first kappa shape index (κ1) is 93.1. The molecule has 0 rings (SSSR count). The van der Waals surface area contributed by atoms with Gasteiger partial charge in [-0.15, -0.1) is 0 Å². The lowest BCUT2D eigenvalue weighted by Gasteiger charge is -2.21. The summed E-state index contributed by atoms with van der Waals surface area (Å²) >= 11 is 0. The average molecular weight is 1400 g/mol. The van der Waals surface area contributed by atoms with Crippen LogP contribution >= 0.6 is 15.6 Å². The second-order valence-corrected chi connectivity index (χ2v) is 30.8. The van der Waals surface area contributed by atoms with Gasteiger partial charge in [0.05, 0.1) is 26.4 Å². The van der Waals surface area contributed by atoms with Gasteiger partial charge in [-0.25, -0.2) is 9.13 Å². The molecule has 2 unspecified atom stereocenters. The minimum Gasteiger partial charge on any atom is -0.462 e. The molecule has 17 nitrogen and oxygen atoms in total. The Morgan fingerprint density at radius 1 is 0.284 bits per heavy atom. The molecule has 564 valence electrons. The van der Waals surface area contributed by atoms with Crippen molar-refractivity contribution in [2.45, 2.75) is 419 Å². The number of hydrogen-bond donors (Lipinski definition) is 3. The van der Waals surface area contributed by atoms with Crippen LogP contribution in [0.3, 0.4) is 0 Å².